The molecule has 0 radical (unpaired) electrons. The fourth-order valence-corrected chi connectivity index (χ4v) is 4.28. The number of carbonyl (C=O) groups is 2. The predicted molar refractivity (Wildman–Crippen MR) is 134 cm³/mol. The predicted octanol–water partition coefficient (Wildman–Crippen LogP) is 5.38. The first-order valence-corrected chi connectivity index (χ1v) is 11.7. The maximum atomic E-state index is 12.6. The lowest BCUT2D eigenvalue weighted by Crippen LogP contribution is -2.35. The molecule has 0 fully saturated rings. The summed E-state index contributed by atoms with van der Waals surface area (Å²) >= 11 is 7.19. The van der Waals surface area contributed by atoms with Crippen LogP contribution in [0.25, 0.3) is 6.08 Å². The molecule has 0 saturated carbocycles. The van der Waals surface area contributed by atoms with Gasteiger partial charge < -0.3 is 9.47 Å². The number of rotatable bonds is 7. The molecule has 2 heterocycles. The van der Waals surface area contributed by atoms with Gasteiger partial charge >= 0.3 is 5.97 Å². The molecule has 0 bridgehead atoms. The zero-order valence-corrected chi connectivity index (χ0v) is 20.1. The number of esters is 1. The second kappa shape index (κ2) is 10.2. The molecule has 0 atom stereocenters. The van der Waals surface area contributed by atoms with Crippen molar-refractivity contribution in [1.82, 2.24) is 5.01 Å². The van der Waals surface area contributed by atoms with Gasteiger partial charge in [0.05, 0.1) is 18.2 Å². The van der Waals surface area contributed by atoms with E-state index in [1.54, 1.807) is 48.5 Å². The van der Waals surface area contributed by atoms with Gasteiger partial charge in [-0.1, -0.05) is 31.0 Å². The number of benzene rings is 2. The van der Waals surface area contributed by atoms with E-state index in [-0.39, 0.29) is 17.2 Å². The minimum atomic E-state index is -0.560. The largest absolute Gasteiger partial charge is 0.493 e. The number of unbranched alkanes of at least 4 members (excludes halogenated alkanes) is 1. The van der Waals surface area contributed by atoms with Crippen molar-refractivity contribution in [2.24, 2.45) is 10.1 Å². The third-order valence-corrected chi connectivity index (χ3v) is 6.24. The summed E-state index contributed by atoms with van der Waals surface area (Å²) < 4.78 is 10.8. The van der Waals surface area contributed by atoms with Gasteiger partial charge in [-0.2, -0.15) is 15.1 Å². The number of fused-ring (bicyclic) bond motifs is 1. The quantitative estimate of drug-likeness (QED) is 0.313. The number of amidine groups is 2. The van der Waals surface area contributed by atoms with Crippen molar-refractivity contribution in [3.05, 3.63) is 64.2 Å². The Bertz CT molecular complexity index is 1250. The summed E-state index contributed by atoms with van der Waals surface area (Å²) in [5, 5.41) is 16.1. The van der Waals surface area contributed by atoms with Crippen LogP contribution in [-0.4, -0.2) is 40.0 Å². The number of halogens is 1. The summed E-state index contributed by atoms with van der Waals surface area (Å²) in [6.07, 6.45) is 4.33. The number of methoxy groups -OCH3 is 1. The van der Waals surface area contributed by atoms with Gasteiger partial charge in [-0.15, -0.1) is 0 Å². The molecule has 0 spiro atoms. The molecule has 2 aliphatic heterocycles. The van der Waals surface area contributed by atoms with Gasteiger partial charge in [0, 0.05) is 5.02 Å². The highest BCUT2D eigenvalue weighted by Gasteiger charge is 2.35. The molecule has 4 rings (SSSR count). The molecule has 34 heavy (non-hydrogen) atoms. The second-order valence-corrected chi connectivity index (χ2v) is 8.90. The zero-order chi connectivity index (χ0) is 24.2. The minimum absolute atomic E-state index is 0.0359. The van der Waals surface area contributed by atoms with E-state index in [0.29, 0.717) is 27.1 Å². The molecular weight excluding hydrogens is 476 g/mol. The topological polar surface area (TPSA) is 104 Å². The highest BCUT2D eigenvalue weighted by atomic mass is 35.5. The van der Waals surface area contributed by atoms with Gasteiger partial charge in [-0.3, -0.25) is 10.2 Å². The van der Waals surface area contributed by atoms with Crippen LogP contribution in [0.15, 0.2) is 58.1 Å². The normalized spacial score (nSPS) is 16.3. The fraction of sp³-hybridized carbons (Fsp3) is 0.208. The van der Waals surface area contributed by atoms with Crippen molar-refractivity contribution in [2.75, 3.05) is 7.11 Å². The first-order chi connectivity index (χ1) is 16.4. The van der Waals surface area contributed by atoms with E-state index in [4.69, 9.17) is 26.5 Å². The van der Waals surface area contributed by atoms with Gasteiger partial charge in [0.2, 0.25) is 5.17 Å². The third-order valence-electron chi connectivity index (χ3n) is 5.02. The van der Waals surface area contributed by atoms with Crippen molar-refractivity contribution < 1.29 is 19.1 Å². The summed E-state index contributed by atoms with van der Waals surface area (Å²) in [6, 6.07) is 11.2. The van der Waals surface area contributed by atoms with Crippen molar-refractivity contribution >= 4 is 57.4 Å². The Balaban J connectivity index is 1.55. The fourth-order valence-electron chi connectivity index (χ4n) is 3.23. The molecule has 0 aromatic heterocycles. The average molecular weight is 497 g/mol. The summed E-state index contributed by atoms with van der Waals surface area (Å²) in [7, 11) is 1.45. The molecule has 2 aliphatic rings. The van der Waals surface area contributed by atoms with Crippen molar-refractivity contribution in [3.8, 4) is 11.5 Å². The number of thioether (sulfide) groups is 1. The lowest BCUT2D eigenvalue weighted by atomic mass is 10.1. The minimum Gasteiger partial charge on any atom is -0.493 e. The Morgan fingerprint density at radius 3 is 2.68 bits per heavy atom. The number of aliphatic imine (C=N–C) groups is 1. The third kappa shape index (κ3) is 5.05. The van der Waals surface area contributed by atoms with E-state index in [1.807, 2.05) is 0 Å². The van der Waals surface area contributed by atoms with E-state index in [1.165, 1.54) is 23.9 Å². The summed E-state index contributed by atoms with van der Waals surface area (Å²) in [5.41, 5.74) is 1.03. The van der Waals surface area contributed by atoms with Gasteiger partial charge in [0.15, 0.2) is 17.3 Å². The van der Waals surface area contributed by atoms with Crippen LogP contribution in [0.3, 0.4) is 0 Å². The van der Waals surface area contributed by atoms with Crippen molar-refractivity contribution in [3.63, 3.8) is 0 Å². The second-order valence-electron chi connectivity index (χ2n) is 7.42. The molecule has 0 aliphatic carbocycles. The summed E-state index contributed by atoms with van der Waals surface area (Å²) in [5.74, 6) is -0.585. The van der Waals surface area contributed by atoms with Crippen molar-refractivity contribution in [2.45, 2.75) is 26.2 Å². The Morgan fingerprint density at radius 1 is 1.21 bits per heavy atom. The van der Waals surface area contributed by atoms with E-state index in [2.05, 4.69) is 17.0 Å². The summed E-state index contributed by atoms with van der Waals surface area (Å²) in [6.45, 7) is 2.09. The van der Waals surface area contributed by atoms with Gasteiger partial charge in [0.1, 0.15) is 5.04 Å². The monoisotopic (exact) mass is 496 g/mol. The number of nitrogens with one attached hydrogen (secondary N) is 1. The molecule has 2 aromatic carbocycles. The molecule has 0 saturated heterocycles. The maximum absolute atomic E-state index is 12.6. The Hall–Kier alpha value is -3.43. The van der Waals surface area contributed by atoms with Crippen LogP contribution in [0, 0.1) is 5.41 Å². The van der Waals surface area contributed by atoms with Gasteiger partial charge in [-0.05, 0) is 72.6 Å². The molecule has 0 unspecified atom stereocenters. The van der Waals surface area contributed by atoms with Crippen LogP contribution < -0.4 is 9.47 Å². The van der Waals surface area contributed by atoms with E-state index in [9.17, 15) is 9.59 Å². The summed E-state index contributed by atoms with van der Waals surface area (Å²) in [4.78, 5) is 29.2. The van der Waals surface area contributed by atoms with E-state index < -0.39 is 11.9 Å². The molecule has 10 heteroatoms. The van der Waals surface area contributed by atoms with Crippen LogP contribution in [0.5, 0.6) is 11.5 Å². The zero-order valence-electron chi connectivity index (χ0n) is 18.5. The highest BCUT2D eigenvalue weighted by molar-refractivity contribution is 8.26. The number of amides is 1. The molecular formula is C24H21ClN4O4S. The molecule has 1 N–H and O–H groups in total. The van der Waals surface area contributed by atoms with Gasteiger partial charge in [0.25, 0.3) is 5.91 Å². The first-order valence-electron chi connectivity index (χ1n) is 10.5. The lowest BCUT2D eigenvalue weighted by Gasteiger charge is -2.20. The SMILES string of the molecule is CCCCC1=NN2C(=N)/C(=C/c3ccc(OC(=O)c4ccc(Cl)cc4)c(OC)c3)C(=O)N=C2S1. The van der Waals surface area contributed by atoms with Crippen LogP contribution >= 0.6 is 23.4 Å². The number of hydrazone groups is 1. The van der Waals surface area contributed by atoms with E-state index >= 15 is 0 Å². The standard InChI is InChI=1S/C24H21ClN4O4S/c1-3-4-5-20-28-29-21(26)17(22(30)27-24(29)34-20)12-14-6-11-18(19(13-14)32-2)33-23(31)15-7-9-16(25)10-8-15/h6-13,26H,3-5H2,1-2H3/b17-12-,26-21?. The number of ether oxygens (including phenoxy) is 2. The highest BCUT2D eigenvalue weighted by Crippen LogP contribution is 2.32. The van der Waals surface area contributed by atoms with Crippen LogP contribution in [0.1, 0.15) is 42.1 Å². The molecule has 1 amide bonds. The van der Waals surface area contributed by atoms with Crippen LogP contribution in [0.4, 0.5) is 0 Å². The molecule has 174 valence electrons. The number of nitrogens with zero attached hydrogens (tertiary/aromatic N) is 3. The van der Waals surface area contributed by atoms with Gasteiger partial charge in [-0.25, -0.2) is 4.79 Å². The van der Waals surface area contributed by atoms with Crippen LogP contribution in [-0.2, 0) is 4.79 Å². The lowest BCUT2D eigenvalue weighted by molar-refractivity contribution is -0.114. The smallest absolute Gasteiger partial charge is 0.343 e. The first kappa shape index (κ1) is 23.7. The van der Waals surface area contributed by atoms with Crippen molar-refractivity contribution in [1.29, 1.82) is 5.41 Å². The Kier molecular flexibility index (Phi) is 7.14. The number of hydrogen-bond acceptors (Lipinski definition) is 7. The maximum Gasteiger partial charge on any atom is 0.343 e. The van der Waals surface area contributed by atoms with E-state index in [0.717, 1.165) is 24.3 Å². The number of carbonyl (C=O) groups excluding carboxylic acids is 2. The molecule has 2 aromatic rings. The average Bonchev–Trinajstić information content (AvgIpc) is 3.24. The van der Waals surface area contributed by atoms with Crippen LogP contribution in [0.2, 0.25) is 5.02 Å². The Morgan fingerprint density at radius 2 is 1.97 bits per heavy atom. The number of hydrogen-bond donors (Lipinski definition) is 1. The Labute approximate surface area is 205 Å². The molecule has 8 nitrogen and oxygen atoms in total.